The zero-order chi connectivity index (χ0) is 18.7. The van der Waals surface area contributed by atoms with E-state index in [4.69, 9.17) is 4.74 Å². The van der Waals surface area contributed by atoms with Gasteiger partial charge in [-0.25, -0.2) is 18.1 Å². The fourth-order valence-electron chi connectivity index (χ4n) is 2.41. The lowest BCUT2D eigenvalue weighted by atomic mass is 10.1. The smallest absolute Gasteiger partial charge is 0.250 e. The first-order chi connectivity index (χ1) is 12.4. The summed E-state index contributed by atoms with van der Waals surface area (Å²) >= 11 is 2.78. The minimum atomic E-state index is -3.60. The summed E-state index contributed by atoms with van der Waals surface area (Å²) in [6.07, 6.45) is 0.869. The van der Waals surface area contributed by atoms with Crippen molar-refractivity contribution in [2.75, 3.05) is 7.11 Å². The first-order valence-electron chi connectivity index (χ1n) is 8.14. The zero-order valence-electron chi connectivity index (χ0n) is 14.7. The van der Waals surface area contributed by atoms with E-state index < -0.39 is 10.0 Å². The van der Waals surface area contributed by atoms with Crippen molar-refractivity contribution in [1.82, 2.24) is 9.71 Å². The van der Waals surface area contributed by atoms with Crippen LogP contribution in [0.4, 0.5) is 0 Å². The van der Waals surface area contributed by atoms with Crippen LogP contribution in [-0.2, 0) is 16.4 Å². The number of hydrogen-bond donors (Lipinski definition) is 1. The number of sulfonamides is 1. The standard InChI is InChI=1S/C18H20N2O3S3/c1-4-14-11-24-18(19-14)16-9-10-17(25-16)26(21,22)20-12(2)13-5-7-15(23-3)8-6-13/h5-12,20H,4H2,1-3H3/t12-/m0/s1. The molecule has 3 aromatic rings. The predicted molar refractivity (Wildman–Crippen MR) is 107 cm³/mol. The maximum atomic E-state index is 12.7. The second kappa shape index (κ2) is 7.87. The third-order valence-electron chi connectivity index (χ3n) is 3.92. The van der Waals surface area contributed by atoms with E-state index in [1.165, 1.54) is 22.7 Å². The first kappa shape index (κ1) is 19.0. The Bertz CT molecular complexity index is 975. The molecule has 26 heavy (non-hydrogen) atoms. The molecule has 0 radical (unpaired) electrons. The third kappa shape index (κ3) is 4.15. The number of nitrogens with one attached hydrogen (secondary N) is 1. The molecular formula is C18H20N2O3S3. The second-order valence-corrected chi connectivity index (χ2v) is 9.62. The topological polar surface area (TPSA) is 68.3 Å². The molecular weight excluding hydrogens is 388 g/mol. The number of ether oxygens (including phenoxy) is 1. The molecule has 138 valence electrons. The molecule has 0 unspecified atom stereocenters. The van der Waals surface area contributed by atoms with Crippen LogP contribution in [0.5, 0.6) is 5.75 Å². The van der Waals surface area contributed by atoms with E-state index in [2.05, 4.69) is 9.71 Å². The molecule has 0 aliphatic heterocycles. The van der Waals surface area contributed by atoms with Gasteiger partial charge in [-0.3, -0.25) is 0 Å². The molecule has 0 fully saturated rings. The molecule has 5 nitrogen and oxygen atoms in total. The summed E-state index contributed by atoms with van der Waals surface area (Å²) in [6.45, 7) is 3.87. The predicted octanol–water partition coefficient (Wildman–Crippen LogP) is 4.48. The van der Waals surface area contributed by atoms with Gasteiger partial charge in [0, 0.05) is 11.4 Å². The highest BCUT2D eigenvalue weighted by Gasteiger charge is 2.21. The van der Waals surface area contributed by atoms with Crippen molar-refractivity contribution in [3.8, 4) is 15.6 Å². The Kier molecular flexibility index (Phi) is 5.76. The highest BCUT2D eigenvalue weighted by Crippen LogP contribution is 2.33. The summed E-state index contributed by atoms with van der Waals surface area (Å²) in [5.41, 5.74) is 1.90. The normalized spacial score (nSPS) is 12.9. The van der Waals surface area contributed by atoms with Crippen LogP contribution in [0.25, 0.3) is 9.88 Å². The molecule has 0 spiro atoms. The Morgan fingerprint density at radius 2 is 1.92 bits per heavy atom. The largest absolute Gasteiger partial charge is 0.497 e. The third-order valence-corrected chi connectivity index (χ3v) is 8.10. The zero-order valence-corrected chi connectivity index (χ0v) is 17.2. The van der Waals surface area contributed by atoms with Crippen molar-refractivity contribution in [2.45, 2.75) is 30.5 Å². The van der Waals surface area contributed by atoms with Crippen molar-refractivity contribution < 1.29 is 13.2 Å². The van der Waals surface area contributed by atoms with Gasteiger partial charge in [-0.15, -0.1) is 22.7 Å². The van der Waals surface area contributed by atoms with Gasteiger partial charge in [0.15, 0.2) is 0 Å². The van der Waals surface area contributed by atoms with Gasteiger partial charge in [-0.1, -0.05) is 19.1 Å². The molecule has 1 aromatic carbocycles. The molecule has 0 saturated heterocycles. The quantitative estimate of drug-likeness (QED) is 0.626. The molecule has 0 aliphatic rings. The molecule has 0 saturated carbocycles. The Hall–Kier alpha value is -1.74. The number of rotatable bonds is 7. The van der Waals surface area contributed by atoms with E-state index in [1.54, 1.807) is 13.2 Å². The van der Waals surface area contributed by atoms with E-state index in [1.807, 2.05) is 49.6 Å². The number of hydrogen-bond acceptors (Lipinski definition) is 6. The molecule has 2 aromatic heterocycles. The number of thiophene rings is 1. The molecule has 0 aliphatic carbocycles. The Morgan fingerprint density at radius 1 is 1.19 bits per heavy atom. The highest BCUT2D eigenvalue weighted by atomic mass is 32.2. The van der Waals surface area contributed by atoms with Crippen molar-refractivity contribution in [3.05, 3.63) is 53.0 Å². The molecule has 8 heteroatoms. The van der Waals surface area contributed by atoms with Gasteiger partial charge in [0.2, 0.25) is 0 Å². The highest BCUT2D eigenvalue weighted by molar-refractivity contribution is 7.91. The summed E-state index contributed by atoms with van der Waals surface area (Å²) in [5.74, 6) is 0.738. The van der Waals surface area contributed by atoms with Crippen LogP contribution in [0.2, 0.25) is 0 Å². The average molecular weight is 409 g/mol. The van der Waals surface area contributed by atoms with Crippen LogP contribution in [0.15, 0.2) is 46.0 Å². The monoisotopic (exact) mass is 408 g/mol. The number of thiazole rings is 1. The summed E-state index contributed by atoms with van der Waals surface area (Å²) in [6, 6.07) is 10.4. The van der Waals surface area contributed by atoms with Crippen LogP contribution in [0.3, 0.4) is 0 Å². The van der Waals surface area contributed by atoms with E-state index in [9.17, 15) is 8.42 Å². The van der Waals surface area contributed by atoms with Crippen LogP contribution in [0.1, 0.15) is 31.1 Å². The van der Waals surface area contributed by atoms with Crippen LogP contribution in [-0.4, -0.2) is 20.5 Å². The van der Waals surface area contributed by atoms with E-state index in [0.29, 0.717) is 4.21 Å². The lowest BCUT2D eigenvalue weighted by molar-refractivity contribution is 0.414. The molecule has 0 amide bonds. The van der Waals surface area contributed by atoms with Crippen molar-refractivity contribution >= 4 is 32.7 Å². The summed E-state index contributed by atoms with van der Waals surface area (Å²) in [4.78, 5) is 5.39. The fourth-order valence-corrected chi connectivity index (χ4v) is 5.94. The van der Waals surface area contributed by atoms with Crippen LogP contribution >= 0.6 is 22.7 Å². The van der Waals surface area contributed by atoms with E-state index in [0.717, 1.165) is 33.3 Å². The number of benzene rings is 1. The lowest BCUT2D eigenvalue weighted by Gasteiger charge is -2.14. The van der Waals surface area contributed by atoms with E-state index >= 15 is 0 Å². The minimum Gasteiger partial charge on any atom is -0.497 e. The number of methoxy groups -OCH3 is 1. The fraction of sp³-hybridized carbons (Fsp3) is 0.278. The van der Waals surface area contributed by atoms with Gasteiger partial charge in [-0.05, 0) is 43.2 Å². The van der Waals surface area contributed by atoms with Gasteiger partial charge in [0.1, 0.15) is 15.0 Å². The maximum Gasteiger partial charge on any atom is 0.250 e. The molecule has 3 rings (SSSR count). The van der Waals surface area contributed by atoms with Gasteiger partial charge in [-0.2, -0.15) is 0 Å². The molecule has 1 atom stereocenters. The second-order valence-electron chi connectivity index (χ2n) is 5.73. The average Bonchev–Trinajstić information content (AvgIpc) is 3.30. The summed E-state index contributed by atoms with van der Waals surface area (Å²) < 4.78 is 33.6. The number of aromatic nitrogens is 1. The van der Waals surface area contributed by atoms with Gasteiger partial charge >= 0.3 is 0 Å². The summed E-state index contributed by atoms with van der Waals surface area (Å²) in [5, 5.41) is 2.87. The van der Waals surface area contributed by atoms with Crippen molar-refractivity contribution in [3.63, 3.8) is 0 Å². The van der Waals surface area contributed by atoms with Crippen molar-refractivity contribution in [2.24, 2.45) is 0 Å². The minimum absolute atomic E-state index is 0.293. The van der Waals surface area contributed by atoms with Crippen LogP contribution in [0, 0.1) is 0 Å². The van der Waals surface area contributed by atoms with Gasteiger partial charge in [0.25, 0.3) is 10.0 Å². The van der Waals surface area contributed by atoms with Crippen LogP contribution < -0.4 is 9.46 Å². The lowest BCUT2D eigenvalue weighted by Crippen LogP contribution is -2.26. The number of nitrogens with zero attached hydrogens (tertiary/aromatic N) is 1. The Balaban J connectivity index is 1.77. The Labute approximate surface area is 161 Å². The Morgan fingerprint density at radius 3 is 2.54 bits per heavy atom. The SMILES string of the molecule is CCc1csc(-c2ccc(S(=O)(=O)N[C@@H](C)c3ccc(OC)cc3)s2)n1. The van der Waals surface area contributed by atoms with Crippen molar-refractivity contribution in [1.29, 1.82) is 0 Å². The molecule has 1 N–H and O–H groups in total. The summed E-state index contributed by atoms with van der Waals surface area (Å²) in [7, 11) is -2.00. The first-order valence-corrected chi connectivity index (χ1v) is 11.3. The molecule has 2 heterocycles. The van der Waals surface area contributed by atoms with Gasteiger partial charge in [0.05, 0.1) is 17.7 Å². The van der Waals surface area contributed by atoms with Gasteiger partial charge < -0.3 is 4.74 Å². The number of aryl methyl sites for hydroxylation is 1. The molecule has 0 bridgehead atoms. The van der Waals surface area contributed by atoms with E-state index in [-0.39, 0.29) is 6.04 Å². The maximum absolute atomic E-state index is 12.7.